The molecule has 0 aliphatic rings. The number of para-hydroxylation sites is 1. The van der Waals surface area contributed by atoms with E-state index in [0.29, 0.717) is 0 Å². The predicted octanol–water partition coefficient (Wildman–Crippen LogP) is 3.11. The molecule has 1 atom stereocenters. The highest BCUT2D eigenvalue weighted by atomic mass is 35.5. The van der Waals surface area contributed by atoms with Gasteiger partial charge in [-0.3, -0.25) is 4.79 Å². The van der Waals surface area contributed by atoms with E-state index in [0.717, 1.165) is 0 Å². The number of carbonyl (C=O) groups is 2. The standard InChI is InChI=1S/C16H23ClN2O3/c1-9(2)19(10(3)4)15(20)11(5)22-16(21)12-7-6-8-13(17)14(12)18/h6-11H,18H2,1-5H3/t11-/m0/s1. The molecular formula is C16H23ClN2O3. The maximum Gasteiger partial charge on any atom is 0.341 e. The molecule has 22 heavy (non-hydrogen) atoms. The highest BCUT2D eigenvalue weighted by Gasteiger charge is 2.28. The van der Waals surface area contributed by atoms with E-state index in [4.69, 9.17) is 22.1 Å². The lowest BCUT2D eigenvalue weighted by Gasteiger charge is -2.32. The van der Waals surface area contributed by atoms with E-state index in [9.17, 15) is 9.59 Å². The zero-order valence-electron chi connectivity index (χ0n) is 13.6. The van der Waals surface area contributed by atoms with Crippen LogP contribution in [0.2, 0.25) is 5.02 Å². The molecule has 0 radical (unpaired) electrons. The summed E-state index contributed by atoms with van der Waals surface area (Å²) >= 11 is 5.88. The first kappa shape index (κ1) is 18.3. The molecular weight excluding hydrogens is 304 g/mol. The predicted molar refractivity (Wildman–Crippen MR) is 87.9 cm³/mol. The first-order valence-corrected chi connectivity index (χ1v) is 7.61. The number of amides is 1. The van der Waals surface area contributed by atoms with Gasteiger partial charge in [0.1, 0.15) is 0 Å². The van der Waals surface area contributed by atoms with Crippen molar-refractivity contribution in [3.05, 3.63) is 28.8 Å². The van der Waals surface area contributed by atoms with E-state index in [-0.39, 0.29) is 34.3 Å². The van der Waals surface area contributed by atoms with Crippen LogP contribution in [0.15, 0.2) is 18.2 Å². The number of esters is 1. The molecule has 5 nitrogen and oxygen atoms in total. The van der Waals surface area contributed by atoms with Crippen molar-refractivity contribution in [2.24, 2.45) is 0 Å². The number of anilines is 1. The summed E-state index contributed by atoms with van der Waals surface area (Å²) in [5, 5.41) is 0.277. The molecule has 1 aromatic rings. The van der Waals surface area contributed by atoms with Gasteiger partial charge in [0, 0.05) is 12.1 Å². The van der Waals surface area contributed by atoms with E-state index in [1.165, 1.54) is 6.07 Å². The van der Waals surface area contributed by atoms with Crippen LogP contribution in [0.25, 0.3) is 0 Å². The first-order chi connectivity index (χ1) is 10.2. The van der Waals surface area contributed by atoms with Crippen LogP contribution in [0.5, 0.6) is 0 Å². The third-order valence-corrected chi connectivity index (χ3v) is 3.60. The van der Waals surface area contributed by atoms with Gasteiger partial charge in [-0.15, -0.1) is 0 Å². The van der Waals surface area contributed by atoms with Crippen LogP contribution in [0.1, 0.15) is 45.0 Å². The van der Waals surface area contributed by atoms with Crippen LogP contribution in [-0.4, -0.2) is 35.0 Å². The maximum absolute atomic E-state index is 12.4. The molecule has 0 spiro atoms. The van der Waals surface area contributed by atoms with E-state index >= 15 is 0 Å². The topological polar surface area (TPSA) is 72.6 Å². The Kier molecular flexibility index (Phi) is 6.23. The monoisotopic (exact) mass is 326 g/mol. The quantitative estimate of drug-likeness (QED) is 0.666. The summed E-state index contributed by atoms with van der Waals surface area (Å²) in [6.45, 7) is 9.23. The van der Waals surface area contributed by atoms with Crippen molar-refractivity contribution in [2.45, 2.75) is 52.8 Å². The molecule has 1 amide bonds. The molecule has 6 heteroatoms. The number of ether oxygens (including phenoxy) is 1. The van der Waals surface area contributed by atoms with E-state index in [1.54, 1.807) is 24.0 Å². The van der Waals surface area contributed by atoms with Gasteiger partial charge in [-0.1, -0.05) is 17.7 Å². The summed E-state index contributed by atoms with van der Waals surface area (Å²) in [4.78, 5) is 26.3. The molecule has 0 heterocycles. The van der Waals surface area contributed by atoms with Crippen molar-refractivity contribution in [2.75, 3.05) is 5.73 Å². The van der Waals surface area contributed by atoms with Gasteiger partial charge in [0.05, 0.1) is 16.3 Å². The minimum atomic E-state index is -0.893. The number of nitrogen functional groups attached to an aromatic ring is 1. The summed E-state index contributed by atoms with van der Waals surface area (Å²) in [5.74, 6) is -0.896. The number of nitrogens with two attached hydrogens (primary N) is 1. The molecule has 0 saturated carbocycles. The number of rotatable bonds is 5. The zero-order valence-corrected chi connectivity index (χ0v) is 14.3. The second-order valence-corrected chi connectivity index (χ2v) is 6.09. The van der Waals surface area contributed by atoms with E-state index in [2.05, 4.69) is 0 Å². The van der Waals surface area contributed by atoms with Crippen LogP contribution in [0.4, 0.5) is 5.69 Å². The second kappa shape index (κ2) is 7.49. The van der Waals surface area contributed by atoms with Crippen LogP contribution in [0.3, 0.4) is 0 Å². The molecule has 1 aromatic carbocycles. The molecule has 0 aliphatic carbocycles. The van der Waals surface area contributed by atoms with Gasteiger partial charge in [-0.05, 0) is 46.8 Å². The fraction of sp³-hybridized carbons (Fsp3) is 0.500. The Labute approximate surface area is 136 Å². The van der Waals surface area contributed by atoms with E-state index < -0.39 is 12.1 Å². The van der Waals surface area contributed by atoms with Crippen molar-refractivity contribution in [3.63, 3.8) is 0 Å². The number of benzene rings is 1. The normalized spacial score (nSPS) is 12.4. The van der Waals surface area contributed by atoms with Crippen molar-refractivity contribution < 1.29 is 14.3 Å². The molecule has 0 unspecified atom stereocenters. The summed E-state index contributed by atoms with van der Waals surface area (Å²) in [6.07, 6.45) is -0.893. The average Bonchev–Trinajstić information content (AvgIpc) is 2.40. The molecule has 1 rings (SSSR count). The molecule has 2 N–H and O–H groups in total. The fourth-order valence-corrected chi connectivity index (χ4v) is 2.48. The minimum Gasteiger partial charge on any atom is -0.449 e. The summed E-state index contributed by atoms with van der Waals surface area (Å²) in [6, 6.07) is 4.75. The molecule has 0 aliphatic heterocycles. The summed E-state index contributed by atoms with van der Waals surface area (Å²) < 4.78 is 5.25. The van der Waals surface area contributed by atoms with Crippen LogP contribution in [-0.2, 0) is 9.53 Å². The number of hydrogen-bond donors (Lipinski definition) is 1. The highest BCUT2D eigenvalue weighted by molar-refractivity contribution is 6.33. The number of nitrogens with zero attached hydrogens (tertiary/aromatic N) is 1. The van der Waals surface area contributed by atoms with Crippen molar-refractivity contribution in [1.29, 1.82) is 0 Å². The Balaban J connectivity index is 2.87. The lowest BCUT2D eigenvalue weighted by molar-refractivity contribution is -0.143. The zero-order chi connectivity index (χ0) is 17.0. The smallest absolute Gasteiger partial charge is 0.341 e. The van der Waals surface area contributed by atoms with Crippen LogP contribution in [0, 0.1) is 0 Å². The Hall–Kier alpha value is -1.75. The van der Waals surface area contributed by atoms with Crippen molar-refractivity contribution >= 4 is 29.2 Å². The molecule has 0 bridgehead atoms. The van der Waals surface area contributed by atoms with Gasteiger partial charge in [-0.25, -0.2) is 4.79 Å². The Bertz CT molecular complexity index is 550. The molecule has 0 fully saturated rings. The second-order valence-electron chi connectivity index (χ2n) is 5.68. The summed E-state index contributed by atoms with van der Waals surface area (Å²) in [7, 11) is 0. The third kappa shape index (κ3) is 4.13. The van der Waals surface area contributed by atoms with Crippen molar-refractivity contribution in [3.8, 4) is 0 Å². The van der Waals surface area contributed by atoms with Gasteiger partial charge >= 0.3 is 5.97 Å². The Morgan fingerprint density at radius 2 is 1.68 bits per heavy atom. The van der Waals surface area contributed by atoms with Crippen molar-refractivity contribution in [1.82, 2.24) is 4.90 Å². The van der Waals surface area contributed by atoms with E-state index in [1.807, 2.05) is 27.7 Å². The van der Waals surface area contributed by atoms with Crippen LogP contribution < -0.4 is 5.73 Å². The van der Waals surface area contributed by atoms with Gasteiger partial charge in [-0.2, -0.15) is 0 Å². The number of hydrogen-bond acceptors (Lipinski definition) is 4. The van der Waals surface area contributed by atoms with Crippen LogP contribution >= 0.6 is 11.6 Å². The average molecular weight is 327 g/mol. The SMILES string of the molecule is CC(C)N(C(=O)[C@H](C)OC(=O)c1cccc(Cl)c1N)C(C)C. The maximum atomic E-state index is 12.4. The lowest BCUT2D eigenvalue weighted by Crippen LogP contribution is -2.47. The molecule has 0 saturated heterocycles. The lowest BCUT2D eigenvalue weighted by atomic mass is 10.1. The molecule has 122 valence electrons. The Morgan fingerprint density at radius 3 is 2.18 bits per heavy atom. The Morgan fingerprint density at radius 1 is 1.14 bits per heavy atom. The van der Waals surface area contributed by atoms with Gasteiger partial charge in [0.15, 0.2) is 6.10 Å². The van der Waals surface area contributed by atoms with Gasteiger partial charge in [0.2, 0.25) is 0 Å². The first-order valence-electron chi connectivity index (χ1n) is 7.24. The van der Waals surface area contributed by atoms with Gasteiger partial charge < -0.3 is 15.4 Å². The fourth-order valence-electron chi connectivity index (χ4n) is 2.30. The third-order valence-electron chi connectivity index (χ3n) is 3.27. The van der Waals surface area contributed by atoms with Gasteiger partial charge in [0.25, 0.3) is 5.91 Å². The summed E-state index contributed by atoms with van der Waals surface area (Å²) in [5.41, 5.74) is 6.07. The minimum absolute atomic E-state index is 0.0184. The highest BCUT2D eigenvalue weighted by Crippen LogP contribution is 2.23. The molecule has 0 aromatic heterocycles. The number of carbonyl (C=O) groups excluding carboxylic acids is 2. The largest absolute Gasteiger partial charge is 0.449 e. The number of halogens is 1.